The molecule has 94 valence electrons. The number of aryl methyl sites for hydroxylation is 1. The minimum Gasteiger partial charge on any atom is -0.399 e. The molecule has 1 heterocycles. The van der Waals surface area contributed by atoms with E-state index in [2.05, 4.69) is 10.2 Å². The molecule has 0 saturated heterocycles. The van der Waals surface area contributed by atoms with Crippen molar-refractivity contribution < 1.29 is 4.79 Å². The number of carbonyl (C=O) groups excluding carboxylic acids is 1. The van der Waals surface area contributed by atoms with Gasteiger partial charge in [-0.3, -0.25) is 9.89 Å². The van der Waals surface area contributed by atoms with E-state index in [0.29, 0.717) is 16.8 Å². The fourth-order valence-corrected chi connectivity index (χ4v) is 2.13. The van der Waals surface area contributed by atoms with E-state index in [9.17, 15) is 4.79 Å². The zero-order valence-electron chi connectivity index (χ0n) is 10.5. The number of rotatable bonds is 2. The average molecular weight is 251 g/mol. The molecule has 0 spiro atoms. The SMILES string of the molecule is Cc1cc2[nH]ncc2cc1C(=O)c1ccc(N)cc1. The predicted octanol–water partition coefficient (Wildman–Crippen LogP) is 2.68. The van der Waals surface area contributed by atoms with Gasteiger partial charge in [0.15, 0.2) is 5.78 Å². The Balaban J connectivity index is 2.10. The molecule has 4 nitrogen and oxygen atoms in total. The second-order valence-electron chi connectivity index (χ2n) is 4.58. The summed E-state index contributed by atoms with van der Waals surface area (Å²) in [7, 11) is 0. The van der Waals surface area contributed by atoms with Crippen molar-refractivity contribution in [3.63, 3.8) is 0 Å². The number of aromatic amines is 1. The van der Waals surface area contributed by atoms with Crippen molar-refractivity contribution in [3.05, 3.63) is 59.3 Å². The summed E-state index contributed by atoms with van der Waals surface area (Å²) >= 11 is 0. The van der Waals surface area contributed by atoms with E-state index in [0.717, 1.165) is 16.5 Å². The molecule has 0 aliphatic heterocycles. The number of anilines is 1. The van der Waals surface area contributed by atoms with E-state index in [4.69, 9.17) is 5.73 Å². The van der Waals surface area contributed by atoms with Gasteiger partial charge >= 0.3 is 0 Å². The minimum atomic E-state index is 0.000556. The van der Waals surface area contributed by atoms with Gasteiger partial charge < -0.3 is 5.73 Å². The maximum atomic E-state index is 12.5. The third-order valence-electron chi connectivity index (χ3n) is 3.20. The lowest BCUT2D eigenvalue weighted by Crippen LogP contribution is -2.03. The molecule has 2 aromatic carbocycles. The minimum absolute atomic E-state index is 0.000556. The molecule has 3 N–H and O–H groups in total. The molecule has 4 heteroatoms. The number of hydrogen-bond donors (Lipinski definition) is 2. The summed E-state index contributed by atoms with van der Waals surface area (Å²) in [5, 5.41) is 7.80. The highest BCUT2D eigenvalue weighted by Gasteiger charge is 2.13. The van der Waals surface area contributed by atoms with Crippen molar-refractivity contribution in [2.75, 3.05) is 5.73 Å². The Morgan fingerprint density at radius 1 is 1.21 bits per heavy atom. The second kappa shape index (κ2) is 4.24. The highest BCUT2D eigenvalue weighted by atomic mass is 16.1. The van der Waals surface area contributed by atoms with Gasteiger partial charge in [-0.1, -0.05) is 0 Å². The van der Waals surface area contributed by atoms with Crippen LogP contribution in [0.1, 0.15) is 21.5 Å². The Hall–Kier alpha value is -2.62. The van der Waals surface area contributed by atoms with E-state index in [-0.39, 0.29) is 5.78 Å². The smallest absolute Gasteiger partial charge is 0.193 e. The van der Waals surface area contributed by atoms with Crippen LogP contribution in [0.4, 0.5) is 5.69 Å². The van der Waals surface area contributed by atoms with Crippen LogP contribution in [0.5, 0.6) is 0 Å². The van der Waals surface area contributed by atoms with E-state index in [1.54, 1.807) is 30.5 Å². The lowest BCUT2D eigenvalue weighted by molar-refractivity contribution is 0.103. The van der Waals surface area contributed by atoms with E-state index in [1.807, 2.05) is 19.1 Å². The molecule has 0 fully saturated rings. The van der Waals surface area contributed by atoms with Crippen LogP contribution in [-0.2, 0) is 0 Å². The summed E-state index contributed by atoms with van der Waals surface area (Å²) in [6.07, 6.45) is 1.72. The van der Waals surface area contributed by atoms with Crippen molar-refractivity contribution in [2.45, 2.75) is 6.92 Å². The van der Waals surface area contributed by atoms with Crippen LogP contribution in [0.25, 0.3) is 10.9 Å². The van der Waals surface area contributed by atoms with Gasteiger partial charge in [-0.05, 0) is 48.9 Å². The van der Waals surface area contributed by atoms with E-state index >= 15 is 0 Å². The first kappa shape index (κ1) is 11.5. The number of nitrogens with one attached hydrogen (secondary N) is 1. The summed E-state index contributed by atoms with van der Waals surface area (Å²) in [6, 6.07) is 10.8. The van der Waals surface area contributed by atoms with E-state index < -0.39 is 0 Å². The molecule has 0 amide bonds. The Morgan fingerprint density at radius 2 is 1.95 bits per heavy atom. The molecule has 1 aromatic heterocycles. The highest BCUT2D eigenvalue weighted by molar-refractivity contribution is 6.11. The van der Waals surface area contributed by atoms with Crippen molar-refractivity contribution in [3.8, 4) is 0 Å². The molecule has 19 heavy (non-hydrogen) atoms. The Morgan fingerprint density at radius 3 is 2.68 bits per heavy atom. The number of hydrogen-bond acceptors (Lipinski definition) is 3. The van der Waals surface area contributed by atoms with Crippen LogP contribution in [0.3, 0.4) is 0 Å². The molecule has 0 aliphatic carbocycles. The fraction of sp³-hybridized carbons (Fsp3) is 0.0667. The summed E-state index contributed by atoms with van der Waals surface area (Å²) in [5.74, 6) is 0.000556. The number of nitrogens with zero attached hydrogens (tertiary/aromatic N) is 1. The lowest BCUT2D eigenvalue weighted by Gasteiger charge is -2.06. The number of nitrogens with two attached hydrogens (primary N) is 1. The van der Waals surface area contributed by atoms with Gasteiger partial charge in [0.2, 0.25) is 0 Å². The summed E-state index contributed by atoms with van der Waals surface area (Å²) in [5.41, 5.74) is 9.48. The largest absolute Gasteiger partial charge is 0.399 e. The topological polar surface area (TPSA) is 71.8 Å². The second-order valence-corrected chi connectivity index (χ2v) is 4.58. The first-order valence-corrected chi connectivity index (χ1v) is 5.99. The summed E-state index contributed by atoms with van der Waals surface area (Å²) < 4.78 is 0. The number of carbonyl (C=O) groups is 1. The molecule has 0 aliphatic rings. The first-order chi connectivity index (χ1) is 9.15. The maximum absolute atomic E-state index is 12.5. The average Bonchev–Trinajstić information content (AvgIpc) is 2.85. The van der Waals surface area contributed by atoms with Gasteiger partial charge in [0.1, 0.15) is 0 Å². The third-order valence-corrected chi connectivity index (χ3v) is 3.20. The number of aromatic nitrogens is 2. The molecule has 0 unspecified atom stereocenters. The fourth-order valence-electron chi connectivity index (χ4n) is 2.13. The molecule has 0 radical (unpaired) electrons. The quantitative estimate of drug-likeness (QED) is 0.543. The van der Waals surface area contributed by atoms with Crippen LogP contribution in [0, 0.1) is 6.92 Å². The zero-order valence-corrected chi connectivity index (χ0v) is 10.5. The van der Waals surface area contributed by atoms with Crippen molar-refractivity contribution >= 4 is 22.4 Å². The number of fused-ring (bicyclic) bond motifs is 1. The molecule has 0 atom stereocenters. The van der Waals surface area contributed by atoms with Crippen LogP contribution < -0.4 is 5.73 Å². The predicted molar refractivity (Wildman–Crippen MR) is 75.1 cm³/mol. The van der Waals surface area contributed by atoms with E-state index in [1.165, 1.54) is 0 Å². The maximum Gasteiger partial charge on any atom is 0.193 e. The van der Waals surface area contributed by atoms with Crippen LogP contribution in [-0.4, -0.2) is 16.0 Å². The summed E-state index contributed by atoms with van der Waals surface area (Å²) in [6.45, 7) is 1.92. The molecule has 3 rings (SSSR count). The van der Waals surface area contributed by atoms with Gasteiger partial charge in [-0.15, -0.1) is 0 Å². The number of nitrogen functional groups attached to an aromatic ring is 1. The van der Waals surface area contributed by atoms with Crippen molar-refractivity contribution in [1.29, 1.82) is 0 Å². The highest BCUT2D eigenvalue weighted by Crippen LogP contribution is 2.21. The first-order valence-electron chi connectivity index (χ1n) is 5.99. The molecule has 3 aromatic rings. The monoisotopic (exact) mass is 251 g/mol. The van der Waals surface area contributed by atoms with Crippen LogP contribution in [0.2, 0.25) is 0 Å². The van der Waals surface area contributed by atoms with Crippen molar-refractivity contribution in [2.24, 2.45) is 0 Å². The van der Waals surface area contributed by atoms with Gasteiger partial charge in [0, 0.05) is 22.2 Å². The standard InChI is InChI=1S/C15H13N3O/c1-9-6-14-11(8-17-18-14)7-13(9)15(19)10-2-4-12(16)5-3-10/h2-8H,16H2,1H3,(H,17,18). The zero-order chi connectivity index (χ0) is 13.4. The van der Waals surface area contributed by atoms with Crippen LogP contribution >= 0.6 is 0 Å². The number of H-pyrrole nitrogens is 1. The molecule has 0 saturated carbocycles. The third kappa shape index (κ3) is 1.97. The van der Waals surface area contributed by atoms with Gasteiger partial charge in [-0.2, -0.15) is 5.10 Å². The number of ketones is 1. The normalized spacial score (nSPS) is 10.8. The molecular formula is C15H13N3O. The lowest BCUT2D eigenvalue weighted by atomic mass is 9.97. The van der Waals surface area contributed by atoms with Gasteiger partial charge in [0.05, 0.1) is 11.7 Å². The molecule has 0 bridgehead atoms. The number of benzene rings is 2. The van der Waals surface area contributed by atoms with Gasteiger partial charge in [0.25, 0.3) is 0 Å². The Labute approximate surface area is 110 Å². The Bertz CT molecular complexity index is 757. The molecular weight excluding hydrogens is 238 g/mol. The Kier molecular flexibility index (Phi) is 2.56. The van der Waals surface area contributed by atoms with Gasteiger partial charge in [-0.25, -0.2) is 0 Å². The van der Waals surface area contributed by atoms with Crippen molar-refractivity contribution in [1.82, 2.24) is 10.2 Å². The van der Waals surface area contributed by atoms with Crippen LogP contribution in [0.15, 0.2) is 42.6 Å². The summed E-state index contributed by atoms with van der Waals surface area (Å²) in [4.78, 5) is 12.5.